The molecule has 0 aromatic heterocycles. The Kier molecular flexibility index (Phi) is 5.58. The van der Waals surface area contributed by atoms with Gasteiger partial charge in [0.1, 0.15) is 5.75 Å². The number of para-hydroxylation sites is 1. The maximum atomic E-state index is 12.2. The van der Waals surface area contributed by atoms with Crippen molar-refractivity contribution in [2.45, 2.75) is 25.2 Å². The predicted octanol–water partition coefficient (Wildman–Crippen LogP) is 2.21. The highest BCUT2D eigenvalue weighted by Gasteiger charge is 2.17. The number of hydrazine groups is 1. The number of hydrogen-bond acceptors (Lipinski definition) is 4. The van der Waals surface area contributed by atoms with Gasteiger partial charge in [-0.2, -0.15) is 0 Å². The van der Waals surface area contributed by atoms with E-state index in [-0.39, 0.29) is 16.2 Å². The fourth-order valence-electron chi connectivity index (χ4n) is 2.18. The minimum Gasteiger partial charge on any atom is -0.507 e. The Bertz CT molecular complexity index is 815. The van der Waals surface area contributed by atoms with Gasteiger partial charge in [-0.1, -0.05) is 38.1 Å². The number of carbonyl (C=O) groups excluding carboxylic acids is 1. The molecule has 0 aliphatic heterocycles. The molecular weight excluding hydrogens is 328 g/mol. The van der Waals surface area contributed by atoms with Gasteiger partial charge in [0.2, 0.25) is 0 Å². The van der Waals surface area contributed by atoms with Crippen LogP contribution in [0.15, 0.2) is 53.4 Å². The SMILES string of the molecule is CC(C)Cc1ccc(S(=O)(=O)NNC(=O)c2ccccc2O)cc1. The second kappa shape index (κ2) is 7.46. The molecule has 7 heteroatoms. The molecule has 0 bridgehead atoms. The molecule has 0 radical (unpaired) electrons. The molecule has 0 heterocycles. The standard InChI is InChI=1S/C17H20N2O4S/c1-12(2)11-13-7-9-14(10-8-13)24(22,23)19-18-17(21)15-5-3-4-6-16(15)20/h3-10,12,19-20H,11H2,1-2H3,(H,18,21). The zero-order valence-electron chi connectivity index (χ0n) is 13.5. The van der Waals surface area contributed by atoms with E-state index in [4.69, 9.17) is 0 Å². The average molecular weight is 348 g/mol. The topological polar surface area (TPSA) is 95.5 Å². The van der Waals surface area contributed by atoms with Crippen molar-refractivity contribution in [2.75, 3.05) is 0 Å². The summed E-state index contributed by atoms with van der Waals surface area (Å²) in [4.78, 5) is 14.0. The summed E-state index contributed by atoms with van der Waals surface area (Å²) in [5.41, 5.74) is 3.11. The van der Waals surface area contributed by atoms with Crippen LogP contribution in [0.2, 0.25) is 0 Å². The van der Waals surface area contributed by atoms with Crippen molar-refractivity contribution in [1.82, 2.24) is 10.3 Å². The summed E-state index contributed by atoms with van der Waals surface area (Å²) in [6.45, 7) is 4.17. The lowest BCUT2D eigenvalue weighted by Gasteiger charge is -2.10. The number of nitrogens with one attached hydrogen (secondary N) is 2. The van der Waals surface area contributed by atoms with Gasteiger partial charge in [0.25, 0.3) is 15.9 Å². The van der Waals surface area contributed by atoms with E-state index in [0.29, 0.717) is 5.92 Å². The first-order chi connectivity index (χ1) is 11.3. The van der Waals surface area contributed by atoms with Crippen LogP contribution in [-0.4, -0.2) is 19.4 Å². The minimum atomic E-state index is -3.88. The molecule has 0 aliphatic rings. The van der Waals surface area contributed by atoms with Gasteiger partial charge in [-0.05, 0) is 42.2 Å². The van der Waals surface area contributed by atoms with Gasteiger partial charge in [-0.25, -0.2) is 8.42 Å². The highest BCUT2D eigenvalue weighted by Crippen LogP contribution is 2.16. The van der Waals surface area contributed by atoms with Gasteiger partial charge in [0.15, 0.2) is 0 Å². The lowest BCUT2D eigenvalue weighted by atomic mass is 10.0. The van der Waals surface area contributed by atoms with Crippen LogP contribution in [0.1, 0.15) is 29.8 Å². The summed E-state index contributed by atoms with van der Waals surface area (Å²) in [6, 6.07) is 12.3. The number of benzene rings is 2. The monoisotopic (exact) mass is 348 g/mol. The highest BCUT2D eigenvalue weighted by molar-refractivity contribution is 7.89. The molecule has 2 aromatic carbocycles. The van der Waals surface area contributed by atoms with Crippen LogP contribution in [0, 0.1) is 5.92 Å². The molecule has 1 amide bonds. The maximum Gasteiger partial charge on any atom is 0.269 e. The molecule has 6 nitrogen and oxygen atoms in total. The summed E-state index contributed by atoms with van der Waals surface area (Å²) in [7, 11) is -3.88. The number of hydrogen-bond donors (Lipinski definition) is 3. The van der Waals surface area contributed by atoms with E-state index in [1.165, 1.54) is 24.3 Å². The number of phenolic OH excluding ortho intramolecular Hbond substituents is 1. The number of phenols is 1. The Hall–Kier alpha value is -2.38. The van der Waals surface area contributed by atoms with Gasteiger partial charge in [-0.15, -0.1) is 4.83 Å². The number of rotatable bonds is 6. The van der Waals surface area contributed by atoms with Crippen molar-refractivity contribution in [2.24, 2.45) is 5.92 Å². The van der Waals surface area contributed by atoms with Gasteiger partial charge >= 0.3 is 0 Å². The van der Waals surface area contributed by atoms with Crippen molar-refractivity contribution < 1.29 is 18.3 Å². The molecule has 0 saturated heterocycles. The lowest BCUT2D eigenvalue weighted by molar-refractivity contribution is 0.0942. The molecule has 2 rings (SSSR count). The molecule has 0 saturated carbocycles. The first-order valence-corrected chi connectivity index (χ1v) is 8.97. The summed E-state index contributed by atoms with van der Waals surface area (Å²) in [5.74, 6) is -0.497. The molecule has 0 aliphatic carbocycles. The van der Waals surface area contributed by atoms with Crippen molar-refractivity contribution in [3.05, 3.63) is 59.7 Å². The smallest absolute Gasteiger partial charge is 0.269 e. The predicted molar refractivity (Wildman–Crippen MR) is 90.9 cm³/mol. The van der Waals surface area contributed by atoms with Crippen molar-refractivity contribution >= 4 is 15.9 Å². The molecule has 128 valence electrons. The third-order valence-electron chi connectivity index (χ3n) is 3.33. The quantitative estimate of drug-likeness (QED) is 0.698. The van der Waals surface area contributed by atoms with Crippen LogP contribution in [0.4, 0.5) is 0 Å². The van der Waals surface area contributed by atoms with Gasteiger partial charge in [0.05, 0.1) is 10.5 Å². The maximum absolute atomic E-state index is 12.2. The van der Waals surface area contributed by atoms with E-state index < -0.39 is 15.9 Å². The van der Waals surface area contributed by atoms with E-state index in [1.807, 2.05) is 4.83 Å². The number of carbonyl (C=O) groups is 1. The Balaban J connectivity index is 2.06. The highest BCUT2D eigenvalue weighted by atomic mass is 32.2. The summed E-state index contributed by atoms with van der Waals surface area (Å²) >= 11 is 0. The van der Waals surface area contributed by atoms with E-state index in [1.54, 1.807) is 24.3 Å². The Labute approximate surface area is 141 Å². The normalized spacial score (nSPS) is 11.5. The van der Waals surface area contributed by atoms with Gasteiger partial charge < -0.3 is 5.11 Å². The number of aromatic hydroxyl groups is 1. The van der Waals surface area contributed by atoms with Crippen LogP contribution in [0.5, 0.6) is 5.75 Å². The molecule has 0 fully saturated rings. The fourth-order valence-corrected chi connectivity index (χ4v) is 3.02. The summed E-state index contributed by atoms with van der Waals surface area (Å²) in [5, 5.41) is 9.59. The second-order valence-electron chi connectivity index (χ2n) is 5.82. The van der Waals surface area contributed by atoms with Crippen LogP contribution < -0.4 is 10.3 Å². The van der Waals surface area contributed by atoms with Crippen LogP contribution in [-0.2, 0) is 16.4 Å². The van der Waals surface area contributed by atoms with Gasteiger partial charge in [-0.3, -0.25) is 10.2 Å². The largest absolute Gasteiger partial charge is 0.507 e. The van der Waals surface area contributed by atoms with Crippen LogP contribution in [0.25, 0.3) is 0 Å². The molecule has 0 atom stereocenters. The average Bonchev–Trinajstić information content (AvgIpc) is 2.53. The Morgan fingerprint density at radius 2 is 1.71 bits per heavy atom. The Morgan fingerprint density at radius 1 is 1.08 bits per heavy atom. The lowest BCUT2D eigenvalue weighted by Crippen LogP contribution is -2.41. The first kappa shape index (κ1) is 18.0. The zero-order chi connectivity index (χ0) is 17.7. The minimum absolute atomic E-state index is 0.0209. The molecule has 2 aromatic rings. The molecular formula is C17H20N2O4S. The molecule has 0 unspecified atom stereocenters. The van der Waals surface area contributed by atoms with E-state index in [2.05, 4.69) is 19.3 Å². The van der Waals surface area contributed by atoms with E-state index in [0.717, 1.165) is 12.0 Å². The van der Waals surface area contributed by atoms with Crippen molar-refractivity contribution in [3.63, 3.8) is 0 Å². The number of amides is 1. The van der Waals surface area contributed by atoms with Crippen molar-refractivity contribution in [1.29, 1.82) is 0 Å². The first-order valence-electron chi connectivity index (χ1n) is 7.48. The second-order valence-corrected chi connectivity index (χ2v) is 7.50. The van der Waals surface area contributed by atoms with Crippen molar-refractivity contribution in [3.8, 4) is 5.75 Å². The molecule has 3 N–H and O–H groups in total. The van der Waals surface area contributed by atoms with Crippen LogP contribution in [0.3, 0.4) is 0 Å². The summed E-state index contributed by atoms with van der Waals surface area (Å²) in [6.07, 6.45) is 0.859. The zero-order valence-corrected chi connectivity index (χ0v) is 14.3. The number of sulfonamides is 1. The van der Waals surface area contributed by atoms with Crippen LogP contribution >= 0.6 is 0 Å². The molecule has 0 spiro atoms. The third-order valence-corrected chi connectivity index (χ3v) is 4.59. The molecule has 24 heavy (non-hydrogen) atoms. The van der Waals surface area contributed by atoms with E-state index in [9.17, 15) is 18.3 Å². The summed E-state index contributed by atoms with van der Waals surface area (Å²) < 4.78 is 24.4. The van der Waals surface area contributed by atoms with E-state index >= 15 is 0 Å². The third kappa shape index (κ3) is 4.56. The Morgan fingerprint density at radius 3 is 2.29 bits per heavy atom. The fraction of sp³-hybridized carbons (Fsp3) is 0.235. The van der Waals surface area contributed by atoms with Gasteiger partial charge in [0, 0.05) is 0 Å².